The molecule has 0 bridgehead atoms. The molecule has 0 saturated carbocycles. The van der Waals surface area contributed by atoms with Crippen LogP contribution < -0.4 is 4.90 Å². The summed E-state index contributed by atoms with van der Waals surface area (Å²) in [6.45, 7) is 7.35. The zero-order chi connectivity index (χ0) is 20.0. The third-order valence-electron chi connectivity index (χ3n) is 5.91. The number of benzene rings is 3. The molecule has 1 aromatic heterocycles. The number of fused-ring (bicyclic) bond motifs is 2. The number of carbonyl (C=O) groups excluding carboxylic acids is 1. The molecule has 5 heteroatoms. The van der Waals surface area contributed by atoms with Crippen LogP contribution in [0.2, 0.25) is 0 Å². The molecule has 0 spiro atoms. The SMILES string of the molecule is Cc1ccc2sc(N3CCN(C(=O)c4ccc5ccccc5c4)CC3)nc2c1C. The summed E-state index contributed by atoms with van der Waals surface area (Å²) in [7, 11) is 0. The Bertz CT molecular complexity index is 1220. The van der Waals surface area contributed by atoms with Crippen LogP contribution in [-0.4, -0.2) is 42.0 Å². The lowest BCUT2D eigenvalue weighted by atomic mass is 10.1. The molecule has 1 aliphatic heterocycles. The Labute approximate surface area is 174 Å². The molecule has 3 aromatic carbocycles. The maximum atomic E-state index is 13.0. The molecule has 0 aliphatic carbocycles. The first kappa shape index (κ1) is 18.1. The number of rotatable bonds is 2. The molecule has 146 valence electrons. The Hall–Kier alpha value is -2.92. The van der Waals surface area contributed by atoms with Crippen LogP contribution >= 0.6 is 11.3 Å². The Balaban J connectivity index is 1.32. The lowest BCUT2D eigenvalue weighted by Gasteiger charge is -2.34. The summed E-state index contributed by atoms with van der Waals surface area (Å²) in [5.74, 6) is 0.117. The third kappa shape index (κ3) is 3.25. The van der Waals surface area contributed by atoms with Gasteiger partial charge < -0.3 is 9.80 Å². The van der Waals surface area contributed by atoms with E-state index in [4.69, 9.17) is 4.98 Å². The fourth-order valence-electron chi connectivity index (χ4n) is 3.96. The maximum Gasteiger partial charge on any atom is 0.253 e. The van der Waals surface area contributed by atoms with Gasteiger partial charge in [0.2, 0.25) is 0 Å². The number of hydrogen-bond acceptors (Lipinski definition) is 4. The van der Waals surface area contributed by atoms with Crippen molar-refractivity contribution in [1.82, 2.24) is 9.88 Å². The summed E-state index contributed by atoms with van der Waals surface area (Å²) in [6.07, 6.45) is 0. The topological polar surface area (TPSA) is 36.4 Å². The van der Waals surface area contributed by atoms with E-state index in [-0.39, 0.29) is 5.91 Å². The van der Waals surface area contributed by atoms with Crippen LogP contribution in [0.25, 0.3) is 21.0 Å². The average Bonchev–Trinajstić information content (AvgIpc) is 3.21. The van der Waals surface area contributed by atoms with Crippen LogP contribution in [0, 0.1) is 13.8 Å². The Kier molecular flexibility index (Phi) is 4.47. The molecule has 0 radical (unpaired) electrons. The predicted molar refractivity (Wildman–Crippen MR) is 121 cm³/mol. The highest BCUT2D eigenvalue weighted by Gasteiger charge is 2.24. The lowest BCUT2D eigenvalue weighted by molar-refractivity contribution is 0.0747. The Morgan fingerprint density at radius 3 is 2.48 bits per heavy atom. The Morgan fingerprint density at radius 1 is 0.931 bits per heavy atom. The van der Waals surface area contributed by atoms with Crippen molar-refractivity contribution in [3.05, 3.63) is 71.3 Å². The van der Waals surface area contributed by atoms with E-state index in [1.165, 1.54) is 15.8 Å². The summed E-state index contributed by atoms with van der Waals surface area (Å²) in [6, 6.07) is 18.5. The summed E-state index contributed by atoms with van der Waals surface area (Å²) in [5.41, 5.74) is 4.41. The molecular weight excluding hydrogens is 378 g/mol. The number of carbonyl (C=O) groups is 1. The van der Waals surface area contributed by atoms with E-state index in [0.29, 0.717) is 0 Å². The molecule has 0 N–H and O–H groups in total. The van der Waals surface area contributed by atoms with Gasteiger partial charge in [0, 0.05) is 31.7 Å². The van der Waals surface area contributed by atoms with Crippen LogP contribution in [0.5, 0.6) is 0 Å². The maximum absolute atomic E-state index is 13.0. The summed E-state index contributed by atoms with van der Waals surface area (Å²) in [5, 5.41) is 3.33. The number of anilines is 1. The highest BCUT2D eigenvalue weighted by atomic mass is 32.1. The van der Waals surface area contributed by atoms with E-state index in [0.717, 1.165) is 53.2 Å². The first-order valence-electron chi connectivity index (χ1n) is 10.00. The Morgan fingerprint density at radius 2 is 1.69 bits per heavy atom. The normalized spacial score (nSPS) is 14.7. The minimum Gasteiger partial charge on any atom is -0.345 e. The van der Waals surface area contributed by atoms with Crippen LogP contribution in [0.4, 0.5) is 5.13 Å². The van der Waals surface area contributed by atoms with Crippen molar-refractivity contribution in [2.24, 2.45) is 0 Å². The van der Waals surface area contributed by atoms with Gasteiger partial charge in [-0.25, -0.2) is 4.98 Å². The van der Waals surface area contributed by atoms with Gasteiger partial charge in [-0.15, -0.1) is 0 Å². The van der Waals surface area contributed by atoms with Gasteiger partial charge in [-0.1, -0.05) is 47.7 Å². The fourth-order valence-corrected chi connectivity index (χ4v) is 5.03. The van der Waals surface area contributed by atoms with Crippen molar-refractivity contribution >= 4 is 43.4 Å². The smallest absolute Gasteiger partial charge is 0.253 e. The second-order valence-electron chi connectivity index (χ2n) is 7.69. The molecule has 2 heterocycles. The number of nitrogens with zero attached hydrogens (tertiary/aromatic N) is 3. The minimum atomic E-state index is 0.117. The van der Waals surface area contributed by atoms with Crippen molar-refractivity contribution in [2.45, 2.75) is 13.8 Å². The number of aryl methyl sites for hydroxylation is 2. The molecule has 1 amide bonds. The standard InChI is InChI=1S/C24H23N3OS/c1-16-7-10-21-22(17(16)2)25-24(29-21)27-13-11-26(12-14-27)23(28)20-9-8-18-5-3-4-6-19(18)15-20/h3-10,15H,11-14H2,1-2H3. The molecular formula is C24H23N3OS. The van der Waals surface area contributed by atoms with Gasteiger partial charge in [-0.2, -0.15) is 0 Å². The molecule has 4 nitrogen and oxygen atoms in total. The van der Waals surface area contributed by atoms with Gasteiger partial charge in [-0.3, -0.25) is 4.79 Å². The number of thiazole rings is 1. The number of aromatic nitrogens is 1. The summed E-state index contributed by atoms with van der Waals surface area (Å²) < 4.78 is 1.23. The van der Waals surface area contributed by atoms with E-state index in [9.17, 15) is 4.79 Å². The second kappa shape index (κ2) is 7.16. The lowest BCUT2D eigenvalue weighted by Crippen LogP contribution is -2.48. The molecule has 4 aromatic rings. The number of hydrogen-bond donors (Lipinski definition) is 0. The van der Waals surface area contributed by atoms with E-state index in [1.807, 2.05) is 35.2 Å². The van der Waals surface area contributed by atoms with E-state index >= 15 is 0 Å². The van der Waals surface area contributed by atoms with Crippen LogP contribution in [0.15, 0.2) is 54.6 Å². The molecule has 5 rings (SSSR count). The van der Waals surface area contributed by atoms with E-state index < -0.39 is 0 Å². The van der Waals surface area contributed by atoms with Gasteiger partial charge >= 0.3 is 0 Å². The first-order chi connectivity index (χ1) is 14.1. The van der Waals surface area contributed by atoms with Crippen LogP contribution in [0.3, 0.4) is 0 Å². The highest BCUT2D eigenvalue weighted by Crippen LogP contribution is 2.32. The quantitative estimate of drug-likeness (QED) is 0.473. The van der Waals surface area contributed by atoms with Gasteiger partial charge in [0.25, 0.3) is 5.91 Å². The minimum absolute atomic E-state index is 0.117. The van der Waals surface area contributed by atoms with Crippen LogP contribution in [-0.2, 0) is 0 Å². The van der Waals surface area contributed by atoms with Crippen molar-refractivity contribution in [1.29, 1.82) is 0 Å². The van der Waals surface area contributed by atoms with Crippen molar-refractivity contribution < 1.29 is 4.79 Å². The fraction of sp³-hybridized carbons (Fsp3) is 0.250. The van der Waals surface area contributed by atoms with Crippen molar-refractivity contribution in [3.63, 3.8) is 0 Å². The largest absolute Gasteiger partial charge is 0.345 e. The van der Waals surface area contributed by atoms with E-state index in [2.05, 4.69) is 43.0 Å². The number of amides is 1. The van der Waals surface area contributed by atoms with Crippen LogP contribution in [0.1, 0.15) is 21.5 Å². The first-order valence-corrected chi connectivity index (χ1v) is 10.8. The second-order valence-corrected chi connectivity index (χ2v) is 8.70. The van der Waals surface area contributed by atoms with Gasteiger partial charge in [0.1, 0.15) is 0 Å². The monoisotopic (exact) mass is 401 g/mol. The average molecular weight is 402 g/mol. The molecule has 1 aliphatic rings. The van der Waals surface area contributed by atoms with Crippen molar-refractivity contribution in [2.75, 3.05) is 31.1 Å². The van der Waals surface area contributed by atoms with Gasteiger partial charge in [-0.05, 0) is 53.9 Å². The highest BCUT2D eigenvalue weighted by molar-refractivity contribution is 7.22. The van der Waals surface area contributed by atoms with Crippen molar-refractivity contribution in [3.8, 4) is 0 Å². The summed E-state index contributed by atoms with van der Waals surface area (Å²) >= 11 is 1.75. The molecule has 0 unspecified atom stereocenters. The van der Waals surface area contributed by atoms with Gasteiger partial charge in [0.15, 0.2) is 5.13 Å². The molecule has 1 saturated heterocycles. The molecule has 1 fully saturated rings. The predicted octanol–water partition coefficient (Wildman–Crippen LogP) is 5.03. The number of piperazine rings is 1. The third-order valence-corrected chi connectivity index (χ3v) is 6.99. The van der Waals surface area contributed by atoms with Gasteiger partial charge in [0.05, 0.1) is 10.2 Å². The summed E-state index contributed by atoms with van der Waals surface area (Å²) in [4.78, 5) is 22.2. The van der Waals surface area contributed by atoms with E-state index in [1.54, 1.807) is 11.3 Å². The zero-order valence-electron chi connectivity index (χ0n) is 16.7. The zero-order valence-corrected chi connectivity index (χ0v) is 17.5. The molecule has 29 heavy (non-hydrogen) atoms. The molecule has 0 atom stereocenters.